The molecule has 7 nitrogen and oxygen atoms in total. The van der Waals surface area contributed by atoms with Crippen LogP contribution in [0.4, 0.5) is 10.5 Å². The molecule has 0 saturated heterocycles. The van der Waals surface area contributed by atoms with Gasteiger partial charge in [-0.2, -0.15) is 4.98 Å². The Balaban J connectivity index is 1.71. The Morgan fingerprint density at radius 2 is 1.96 bits per heavy atom. The summed E-state index contributed by atoms with van der Waals surface area (Å²) < 4.78 is 5.38. The van der Waals surface area contributed by atoms with Gasteiger partial charge in [0, 0.05) is 17.3 Å². The molecule has 3 aromatic rings. The summed E-state index contributed by atoms with van der Waals surface area (Å²) >= 11 is 1.53. The molecule has 0 bridgehead atoms. The molecule has 3 rings (SSSR count). The fraction of sp³-hybridized carbons (Fsp3) is 0.333. The molecule has 2 amide bonds. The van der Waals surface area contributed by atoms with E-state index >= 15 is 0 Å². The van der Waals surface area contributed by atoms with Crippen LogP contribution in [0.3, 0.4) is 0 Å². The molecule has 0 radical (unpaired) electrons. The molecule has 26 heavy (non-hydrogen) atoms. The van der Waals surface area contributed by atoms with Gasteiger partial charge in [0.05, 0.1) is 10.7 Å². The Labute approximate surface area is 155 Å². The van der Waals surface area contributed by atoms with Crippen molar-refractivity contribution in [1.82, 2.24) is 20.4 Å². The molecule has 0 aliphatic rings. The predicted octanol–water partition coefficient (Wildman–Crippen LogP) is 4.40. The van der Waals surface area contributed by atoms with Crippen molar-refractivity contribution < 1.29 is 9.32 Å². The van der Waals surface area contributed by atoms with E-state index in [0.717, 1.165) is 27.6 Å². The second-order valence-corrected chi connectivity index (χ2v) is 7.26. The third-order valence-electron chi connectivity index (χ3n) is 3.91. The van der Waals surface area contributed by atoms with E-state index in [1.54, 1.807) is 0 Å². The van der Waals surface area contributed by atoms with Gasteiger partial charge in [0.15, 0.2) is 0 Å². The first-order valence-electron chi connectivity index (χ1n) is 8.42. The molecule has 0 aliphatic carbocycles. The lowest BCUT2D eigenvalue weighted by Crippen LogP contribution is -2.35. The number of carbonyl (C=O) groups is 1. The smallest absolute Gasteiger partial charge is 0.319 e. The van der Waals surface area contributed by atoms with Gasteiger partial charge in [-0.15, -0.1) is 11.3 Å². The van der Waals surface area contributed by atoms with Crippen molar-refractivity contribution in [3.63, 3.8) is 0 Å². The van der Waals surface area contributed by atoms with Gasteiger partial charge < -0.3 is 15.2 Å². The molecule has 0 fully saturated rings. The number of nitrogens with one attached hydrogen (secondary N) is 2. The summed E-state index contributed by atoms with van der Waals surface area (Å²) in [6.45, 7) is 7.85. The molecule has 0 spiro atoms. The van der Waals surface area contributed by atoms with E-state index < -0.39 is 0 Å². The number of nitrogens with zero attached hydrogens (tertiary/aromatic N) is 3. The minimum absolute atomic E-state index is 0.130. The molecule has 0 aliphatic heterocycles. The molecular formula is C18H21N5O2S. The number of aromatic nitrogens is 3. The summed E-state index contributed by atoms with van der Waals surface area (Å²) in [6.07, 6.45) is 0.880. The van der Waals surface area contributed by atoms with Gasteiger partial charge in [-0.1, -0.05) is 12.1 Å². The van der Waals surface area contributed by atoms with Gasteiger partial charge in [-0.05, 0) is 51.5 Å². The minimum Gasteiger partial charge on any atom is -0.335 e. The fourth-order valence-electron chi connectivity index (χ4n) is 2.36. The first-order valence-corrected chi connectivity index (χ1v) is 9.24. The molecule has 0 saturated carbocycles. The standard InChI is InChI=1S/C18H21N5O2S/c1-5-10(2)19-18(24)21-14-8-6-13(7-9-14)16-22-17(25-23-16)15-11(3)20-12(4)26-15/h6-10H,5H2,1-4H3,(H2,19,21,24)/t10-/m0/s1. The molecular weight excluding hydrogens is 350 g/mol. The van der Waals surface area contributed by atoms with E-state index in [0.29, 0.717) is 17.4 Å². The van der Waals surface area contributed by atoms with Crippen LogP contribution in [0.15, 0.2) is 28.8 Å². The van der Waals surface area contributed by atoms with E-state index in [9.17, 15) is 4.79 Å². The van der Waals surface area contributed by atoms with Gasteiger partial charge in [0.1, 0.15) is 4.88 Å². The highest BCUT2D eigenvalue weighted by atomic mass is 32.1. The number of urea groups is 1. The summed E-state index contributed by atoms with van der Waals surface area (Å²) in [5, 5.41) is 10.7. The van der Waals surface area contributed by atoms with Gasteiger partial charge >= 0.3 is 6.03 Å². The van der Waals surface area contributed by atoms with Crippen LogP contribution in [-0.2, 0) is 0 Å². The Morgan fingerprint density at radius 3 is 2.58 bits per heavy atom. The number of anilines is 1. The van der Waals surface area contributed by atoms with Crippen molar-refractivity contribution in [3.05, 3.63) is 35.0 Å². The minimum atomic E-state index is -0.218. The largest absolute Gasteiger partial charge is 0.335 e. The average Bonchev–Trinajstić information content (AvgIpc) is 3.21. The predicted molar refractivity (Wildman–Crippen MR) is 102 cm³/mol. The Kier molecular flexibility index (Phi) is 5.32. The summed E-state index contributed by atoms with van der Waals surface area (Å²) in [6, 6.07) is 7.22. The third-order valence-corrected chi connectivity index (χ3v) is 4.98. The van der Waals surface area contributed by atoms with E-state index in [4.69, 9.17) is 4.52 Å². The van der Waals surface area contributed by atoms with Crippen molar-refractivity contribution in [1.29, 1.82) is 0 Å². The topological polar surface area (TPSA) is 92.9 Å². The van der Waals surface area contributed by atoms with Crippen LogP contribution >= 0.6 is 11.3 Å². The summed E-state index contributed by atoms with van der Waals surface area (Å²) in [5.74, 6) is 0.972. The Bertz CT molecular complexity index is 901. The van der Waals surface area contributed by atoms with Gasteiger partial charge in [0.25, 0.3) is 5.89 Å². The molecule has 2 aromatic heterocycles. The Hall–Kier alpha value is -2.74. The number of hydrogen-bond acceptors (Lipinski definition) is 6. The van der Waals surface area contributed by atoms with Gasteiger partial charge in [-0.25, -0.2) is 9.78 Å². The van der Waals surface area contributed by atoms with Crippen molar-refractivity contribution in [3.8, 4) is 22.2 Å². The first-order chi connectivity index (χ1) is 12.5. The molecule has 2 N–H and O–H groups in total. The number of aryl methyl sites for hydroxylation is 2. The van der Waals surface area contributed by atoms with Gasteiger partial charge in [0.2, 0.25) is 5.82 Å². The van der Waals surface area contributed by atoms with E-state index in [2.05, 4.69) is 25.8 Å². The maximum atomic E-state index is 11.9. The molecule has 1 aromatic carbocycles. The van der Waals surface area contributed by atoms with Crippen LogP contribution in [-0.4, -0.2) is 27.2 Å². The zero-order valence-corrected chi connectivity index (χ0v) is 16.0. The monoisotopic (exact) mass is 371 g/mol. The highest BCUT2D eigenvalue weighted by molar-refractivity contribution is 7.15. The van der Waals surface area contributed by atoms with Crippen molar-refractivity contribution in [2.75, 3.05) is 5.32 Å². The molecule has 2 heterocycles. The van der Waals surface area contributed by atoms with Crippen LogP contribution in [0, 0.1) is 13.8 Å². The fourth-order valence-corrected chi connectivity index (χ4v) is 3.20. The third kappa shape index (κ3) is 4.08. The number of benzene rings is 1. The highest BCUT2D eigenvalue weighted by Crippen LogP contribution is 2.30. The summed E-state index contributed by atoms with van der Waals surface area (Å²) in [7, 11) is 0. The lowest BCUT2D eigenvalue weighted by molar-refractivity contribution is 0.249. The quantitative estimate of drug-likeness (QED) is 0.693. The number of hydrogen-bond donors (Lipinski definition) is 2. The second kappa shape index (κ2) is 7.65. The SMILES string of the molecule is CC[C@H](C)NC(=O)Nc1ccc(-c2noc(-c3sc(C)nc3C)n2)cc1. The number of carbonyl (C=O) groups excluding carboxylic acids is 1. The maximum absolute atomic E-state index is 11.9. The number of rotatable bonds is 5. The van der Waals surface area contributed by atoms with Crippen LogP contribution in [0.2, 0.25) is 0 Å². The number of thiazole rings is 1. The van der Waals surface area contributed by atoms with E-state index in [1.165, 1.54) is 11.3 Å². The normalized spacial score (nSPS) is 12.0. The highest BCUT2D eigenvalue weighted by Gasteiger charge is 2.16. The lowest BCUT2D eigenvalue weighted by Gasteiger charge is -2.12. The van der Waals surface area contributed by atoms with Crippen molar-refractivity contribution in [2.45, 2.75) is 40.2 Å². The lowest BCUT2D eigenvalue weighted by atomic mass is 10.2. The van der Waals surface area contributed by atoms with Crippen LogP contribution in [0.25, 0.3) is 22.2 Å². The summed E-state index contributed by atoms with van der Waals surface area (Å²) in [4.78, 5) is 21.6. The van der Waals surface area contributed by atoms with E-state index in [-0.39, 0.29) is 12.1 Å². The maximum Gasteiger partial charge on any atom is 0.319 e. The Morgan fingerprint density at radius 1 is 1.23 bits per heavy atom. The molecule has 1 atom stereocenters. The summed E-state index contributed by atoms with van der Waals surface area (Å²) in [5.41, 5.74) is 2.40. The molecule has 0 unspecified atom stereocenters. The zero-order chi connectivity index (χ0) is 18.7. The van der Waals surface area contributed by atoms with Crippen molar-refractivity contribution >= 4 is 23.1 Å². The molecule has 8 heteroatoms. The number of amides is 2. The zero-order valence-electron chi connectivity index (χ0n) is 15.2. The van der Waals surface area contributed by atoms with E-state index in [1.807, 2.05) is 52.0 Å². The average molecular weight is 371 g/mol. The van der Waals surface area contributed by atoms with Crippen LogP contribution in [0.5, 0.6) is 0 Å². The van der Waals surface area contributed by atoms with Crippen LogP contribution < -0.4 is 10.6 Å². The van der Waals surface area contributed by atoms with Gasteiger partial charge in [-0.3, -0.25) is 0 Å². The van der Waals surface area contributed by atoms with Crippen molar-refractivity contribution in [2.24, 2.45) is 0 Å². The van der Waals surface area contributed by atoms with Crippen LogP contribution in [0.1, 0.15) is 31.0 Å². The molecule has 136 valence electrons. The second-order valence-electron chi connectivity index (χ2n) is 6.06. The first kappa shape index (κ1) is 18.1.